The highest BCUT2D eigenvalue weighted by molar-refractivity contribution is 6.62. The largest absolute Gasteiger partial charge is 0.586 e. The van der Waals surface area contributed by atoms with E-state index in [1.54, 1.807) is 30.3 Å². The van der Waals surface area contributed by atoms with Crippen molar-refractivity contribution >= 4 is 59.4 Å². The molecule has 0 spiro atoms. The fourth-order valence-electron chi connectivity index (χ4n) is 9.69. The molecule has 2 aliphatic carbocycles. The van der Waals surface area contributed by atoms with Crippen molar-refractivity contribution in [3.63, 3.8) is 0 Å². The molecule has 5 aliphatic heterocycles. The molecule has 0 radical (unpaired) electrons. The average molecular weight is 1090 g/mol. The lowest BCUT2D eigenvalue weighted by Gasteiger charge is -2.32. The number of nitrogens with zero attached hydrogens (tertiary/aromatic N) is 2. The Morgan fingerprint density at radius 1 is 0.577 bits per heavy atom. The Morgan fingerprint density at radius 2 is 1.04 bits per heavy atom. The maximum Gasteiger partial charge on any atom is 0.586 e. The maximum atomic E-state index is 13.4. The molecule has 3 fully saturated rings. The zero-order chi connectivity index (χ0) is 55.3. The molecule has 7 aliphatic rings. The molecule has 13 rings (SSSR count). The second kappa shape index (κ2) is 18.7. The van der Waals surface area contributed by atoms with E-state index >= 15 is 0 Å². The van der Waals surface area contributed by atoms with Crippen molar-refractivity contribution in [3.8, 4) is 34.3 Å². The number of anilines is 2. The Labute approximate surface area is 450 Å². The van der Waals surface area contributed by atoms with E-state index in [4.69, 9.17) is 20.9 Å². The molecule has 4 aromatic carbocycles. The number of rotatable bonds is 8. The van der Waals surface area contributed by atoms with Crippen molar-refractivity contribution in [2.45, 2.75) is 115 Å². The molecule has 0 atom stereocenters. The summed E-state index contributed by atoms with van der Waals surface area (Å²) in [6.07, 6.45) is -5.02. The van der Waals surface area contributed by atoms with Gasteiger partial charge in [0.05, 0.1) is 27.7 Å². The van der Waals surface area contributed by atoms with Crippen LogP contribution in [0.5, 0.6) is 23.0 Å². The first-order valence-corrected chi connectivity index (χ1v) is 25.4. The third-order valence-corrected chi connectivity index (χ3v) is 15.7. The van der Waals surface area contributed by atoms with Gasteiger partial charge >= 0.3 is 19.7 Å². The summed E-state index contributed by atoms with van der Waals surface area (Å²) in [6.45, 7) is 12.9. The molecule has 16 nitrogen and oxygen atoms in total. The fraction of sp³-hybridized carbons (Fsp3) is 0.321. The van der Waals surface area contributed by atoms with Gasteiger partial charge in [0.2, 0.25) is 11.8 Å². The highest BCUT2D eigenvalue weighted by atomic mass is 35.5. The van der Waals surface area contributed by atoms with Crippen molar-refractivity contribution in [1.82, 2.24) is 20.6 Å². The third kappa shape index (κ3) is 9.83. The maximum absolute atomic E-state index is 13.4. The fourth-order valence-corrected chi connectivity index (χ4v) is 9.84. The summed E-state index contributed by atoms with van der Waals surface area (Å²) in [5, 5.41) is 11.5. The lowest BCUT2D eigenvalue weighted by atomic mass is 9.78. The number of halogens is 5. The zero-order valence-corrected chi connectivity index (χ0v) is 43.7. The molecule has 0 unspecified atom stereocenters. The Bertz CT molecular complexity index is 3500. The lowest BCUT2D eigenvalue weighted by molar-refractivity contribution is -0.287. The number of aromatic nitrogens is 2. The number of amides is 4. The van der Waals surface area contributed by atoms with Crippen LogP contribution in [0.4, 0.5) is 29.2 Å². The Balaban J connectivity index is 0.000000130. The van der Waals surface area contributed by atoms with Crippen LogP contribution in [0.25, 0.3) is 11.3 Å². The Morgan fingerprint density at radius 3 is 1.54 bits per heavy atom. The first kappa shape index (κ1) is 52.3. The number of hydrogen-bond acceptors (Lipinski definition) is 12. The number of carbonyl (C=O) groups excluding carboxylic acids is 4. The summed E-state index contributed by atoms with van der Waals surface area (Å²) in [4.78, 5) is 58.4. The van der Waals surface area contributed by atoms with Crippen LogP contribution in [-0.4, -0.2) is 64.5 Å². The molecule has 78 heavy (non-hydrogen) atoms. The Hall–Kier alpha value is -7.75. The second-order valence-electron chi connectivity index (χ2n) is 21.1. The van der Waals surface area contributed by atoms with Gasteiger partial charge in [-0.05, 0) is 155 Å². The predicted octanol–water partition coefficient (Wildman–Crippen LogP) is 9.56. The second-order valence-corrected chi connectivity index (χ2v) is 21.5. The Kier molecular flexibility index (Phi) is 12.6. The molecule has 4 N–H and O–H groups in total. The first-order valence-electron chi connectivity index (χ1n) is 25.1. The van der Waals surface area contributed by atoms with E-state index in [2.05, 4.69) is 50.2 Å². The van der Waals surface area contributed by atoms with E-state index in [9.17, 15) is 36.7 Å². The highest BCUT2D eigenvalue weighted by Gasteiger charge is 2.55. The average Bonchev–Trinajstić information content (AvgIpc) is 4.42. The van der Waals surface area contributed by atoms with Crippen molar-refractivity contribution in [1.29, 1.82) is 0 Å². The summed E-state index contributed by atoms with van der Waals surface area (Å²) < 4.78 is 82.9. The summed E-state index contributed by atoms with van der Waals surface area (Å²) >= 11 is 5.97. The van der Waals surface area contributed by atoms with Gasteiger partial charge in [0.25, 0.3) is 11.8 Å². The predicted molar refractivity (Wildman–Crippen MR) is 277 cm³/mol. The van der Waals surface area contributed by atoms with Gasteiger partial charge in [0.15, 0.2) is 23.0 Å². The number of nitrogens with one attached hydrogen (secondary N) is 4. The van der Waals surface area contributed by atoms with Crippen LogP contribution in [0.2, 0.25) is 5.15 Å². The third-order valence-electron chi connectivity index (χ3n) is 15.3. The van der Waals surface area contributed by atoms with Crippen molar-refractivity contribution in [2.75, 3.05) is 10.6 Å². The van der Waals surface area contributed by atoms with Gasteiger partial charge in [-0.2, -0.15) is 0 Å². The number of carbonyl (C=O) groups is 4. The molecule has 0 bridgehead atoms. The molecular formula is C56H50BClF4N6O10. The van der Waals surface area contributed by atoms with E-state index < -0.39 is 30.5 Å². The number of fused-ring (bicyclic) bond motifs is 4. The van der Waals surface area contributed by atoms with Crippen molar-refractivity contribution in [2.24, 2.45) is 0 Å². The summed E-state index contributed by atoms with van der Waals surface area (Å²) in [5.74, 6) is -0.206. The number of ether oxygens (including phenoxy) is 4. The van der Waals surface area contributed by atoms with Gasteiger partial charge in [0, 0.05) is 29.8 Å². The standard InChI is InChI=1S/C25H19F2N3O4.C17H13ClF2N2O3.C14H18BNO3/c1-13-2-7-20(29-21(13)14-3-4-15-12-28-22(31)17(15)10-14)30-23(32)24(8-9-24)16-5-6-18-19(11-16)34-25(26,27)33-18;1-9-2-5-13(21-14(9)18)22-15(23)16(6-7-16)10-3-4-11-12(8-10)25-17(19,20)24-11;1-13(2)14(3,4)19-15(18-13)10-6-5-9-8-16-12(17)11(9)7-10/h2-7,10-11H,8-9,12H2,1H3,(H,28,31)(H,29,30,32);2-5,8H,6-7H2,1H3,(H,21,22,23);5-7H,8H2,1-4H3,(H,16,17). The number of aryl methyl sites for hydroxylation is 2. The van der Waals surface area contributed by atoms with Gasteiger partial charge in [-0.1, -0.05) is 60.1 Å². The van der Waals surface area contributed by atoms with Crippen molar-refractivity contribution < 1.29 is 65.0 Å². The summed E-state index contributed by atoms with van der Waals surface area (Å²) in [5.41, 5.74) is 6.20. The zero-order valence-electron chi connectivity index (χ0n) is 42.9. The van der Waals surface area contributed by atoms with Crippen LogP contribution < -0.4 is 45.7 Å². The van der Waals surface area contributed by atoms with Crippen LogP contribution >= 0.6 is 11.6 Å². The van der Waals surface area contributed by atoms with Crippen LogP contribution in [0.15, 0.2) is 97.1 Å². The van der Waals surface area contributed by atoms with Crippen LogP contribution in [0, 0.1) is 13.8 Å². The molecule has 2 saturated carbocycles. The number of benzene rings is 4. The number of alkyl halides is 4. The van der Waals surface area contributed by atoms with Gasteiger partial charge < -0.3 is 49.5 Å². The monoisotopic (exact) mass is 1090 g/mol. The van der Waals surface area contributed by atoms with E-state index in [1.807, 2.05) is 84.0 Å². The highest BCUT2D eigenvalue weighted by Crippen LogP contribution is 2.54. The quantitative estimate of drug-likeness (QED) is 0.0641. The molecule has 7 heterocycles. The lowest BCUT2D eigenvalue weighted by Crippen LogP contribution is -2.41. The summed E-state index contributed by atoms with van der Waals surface area (Å²) in [7, 11) is -0.413. The number of pyridine rings is 2. The minimum atomic E-state index is -3.71. The van der Waals surface area contributed by atoms with E-state index in [-0.39, 0.29) is 57.8 Å². The van der Waals surface area contributed by atoms with Gasteiger partial charge in [-0.15, -0.1) is 17.6 Å². The van der Waals surface area contributed by atoms with Crippen LogP contribution in [-0.2, 0) is 42.8 Å². The molecule has 6 aromatic rings. The first-order chi connectivity index (χ1) is 36.8. The molecule has 1 saturated heterocycles. The summed E-state index contributed by atoms with van der Waals surface area (Å²) in [6, 6.07) is 27.3. The van der Waals surface area contributed by atoms with E-state index in [1.165, 1.54) is 24.3 Å². The van der Waals surface area contributed by atoms with E-state index in [0.29, 0.717) is 77.9 Å². The van der Waals surface area contributed by atoms with Gasteiger partial charge in [-0.3, -0.25) is 19.2 Å². The van der Waals surface area contributed by atoms with Crippen LogP contribution in [0.1, 0.15) is 107 Å². The SMILES string of the molecule is CC1(C)OB(c2ccc3c(c2)C(=O)NC3)OC1(C)C.Cc1ccc(NC(=O)C2(c3ccc4c(c3)OC(F)(F)O4)CC2)nc1-c1ccc2c(c1)C(=O)NC2.Cc1ccc(NC(=O)C2(c3ccc4c(c3)OC(F)(F)O4)CC2)nc1Cl. The van der Waals surface area contributed by atoms with Gasteiger partial charge in [-0.25, -0.2) is 9.97 Å². The minimum absolute atomic E-state index is 0.0200. The van der Waals surface area contributed by atoms with Crippen molar-refractivity contribution in [3.05, 3.63) is 147 Å². The molecule has 4 amide bonds. The smallest absolute Gasteiger partial charge is 0.399 e. The molecule has 22 heteroatoms. The van der Waals surface area contributed by atoms with Gasteiger partial charge in [0.1, 0.15) is 16.8 Å². The normalized spacial score (nSPS) is 19.7. The molecule has 402 valence electrons. The molecule has 2 aromatic heterocycles. The minimum Gasteiger partial charge on any atom is -0.399 e. The molecular weight excluding hydrogens is 1040 g/mol. The number of hydrogen-bond donors (Lipinski definition) is 4. The van der Waals surface area contributed by atoms with Crippen LogP contribution in [0.3, 0.4) is 0 Å². The topological polar surface area (TPSA) is 198 Å². The van der Waals surface area contributed by atoms with E-state index in [0.717, 1.165) is 38.8 Å².